The second-order valence-electron chi connectivity index (χ2n) is 4.13. The van der Waals surface area contributed by atoms with Gasteiger partial charge < -0.3 is 15.1 Å². The molecule has 96 valence electrons. The van der Waals surface area contributed by atoms with E-state index in [1.165, 1.54) is 12.3 Å². The minimum absolute atomic E-state index is 0.171. The second kappa shape index (κ2) is 5.18. The maximum absolute atomic E-state index is 13.7. The first-order chi connectivity index (χ1) is 8.63. The lowest BCUT2D eigenvalue weighted by Gasteiger charge is -2.23. The summed E-state index contributed by atoms with van der Waals surface area (Å²) < 4.78 is 19.0. The van der Waals surface area contributed by atoms with E-state index in [0.29, 0.717) is 23.8 Å². The Morgan fingerprint density at radius 3 is 2.78 bits per heavy atom. The lowest BCUT2D eigenvalue weighted by molar-refractivity contribution is 0.515. The van der Waals surface area contributed by atoms with Crippen molar-refractivity contribution in [1.82, 2.24) is 4.98 Å². The number of hydrogen-bond acceptors (Lipinski definition) is 4. The molecule has 2 rings (SSSR count). The average Bonchev–Trinajstić information content (AvgIpc) is 2.86. The topological polar surface area (TPSA) is 55.3 Å². The van der Waals surface area contributed by atoms with Crippen LogP contribution in [0.15, 0.2) is 34.9 Å². The molecule has 0 amide bonds. The number of rotatable bonds is 4. The molecule has 0 spiro atoms. The fourth-order valence-electron chi connectivity index (χ4n) is 1.74. The third kappa shape index (κ3) is 2.36. The van der Waals surface area contributed by atoms with Gasteiger partial charge in [-0.2, -0.15) is 4.98 Å². The fourth-order valence-corrected chi connectivity index (χ4v) is 1.74. The molecule has 0 saturated carbocycles. The average molecular weight is 249 g/mol. The van der Waals surface area contributed by atoms with Crippen molar-refractivity contribution < 1.29 is 8.81 Å². The molecule has 0 aliphatic heterocycles. The Balaban J connectivity index is 2.23. The zero-order valence-electron chi connectivity index (χ0n) is 10.4. The maximum atomic E-state index is 13.7. The molecule has 0 aliphatic carbocycles. The van der Waals surface area contributed by atoms with E-state index in [4.69, 9.17) is 10.2 Å². The summed E-state index contributed by atoms with van der Waals surface area (Å²) >= 11 is 0. The minimum Gasteiger partial charge on any atom is -0.432 e. The molecule has 0 fully saturated rings. The summed E-state index contributed by atoms with van der Waals surface area (Å²) in [6.45, 7) is 2.22. The van der Waals surface area contributed by atoms with Crippen molar-refractivity contribution in [3.63, 3.8) is 0 Å². The number of oxazole rings is 1. The van der Waals surface area contributed by atoms with Gasteiger partial charge in [-0.05, 0) is 13.0 Å². The van der Waals surface area contributed by atoms with Crippen LogP contribution in [0.4, 0.5) is 10.4 Å². The van der Waals surface area contributed by atoms with Crippen molar-refractivity contribution >= 4 is 6.01 Å². The van der Waals surface area contributed by atoms with Gasteiger partial charge in [-0.15, -0.1) is 0 Å². The van der Waals surface area contributed by atoms with Crippen LogP contribution < -0.4 is 10.6 Å². The van der Waals surface area contributed by atoms with Gasteiger partial charge in [0, 0.05) is 19.2 Å². The number of hydrogen-bond donors (Lipinski definition) is 1. The van der Waals surface area contributed by atoms with Gasteiger partial charge in [-0.25, -0.2) is 4.39 Å². The van der Waals surface area contributed by atoms with Crippen molar-refractivity contribution in [2.45, 2.75) is 19.5 Å². The molecule has 1 aromatic carbocycles. The van der Waals surface area contributed by atoms with Crippen LogP contribution >= 0.6 is 0 Å². The summed E-state index contributed by atoms with van der Waals surface area (Å²) in [7, 11) is 1.81. The maximum Gasteiger partial charge on any atom is 0.297 e. The number of anilines is 1. The zero-order valence-corrected chi connectivity index (χ0v) is 10.4. The molecule has 1 atom stereocenters. The molecule has 2 aromatic rings. The summed E-state index contributed by atoms with van der Waals surface area (Å²) in [4.78, 5) is 5.99. The molecule has 0 aliphatic rings. The van der Waals surface area contributed by atoms with Crippen molar-refractivity contribution in [2.75, 3.05) is 11.9 Å². The highest BCUT2D eigenvalue weighted by Gasteiger charge is 2.19. The van der Waals surface area contributed by atoms with Gasteiger partial charge in [0.2, 0.25) is 0 Å². The fraction of sp³-hybridized carbons (Fsp3) is 0.308. The Morgan fingerprint density at radius 1 is 1.44 bits per heavy atom. The highest BCUT2D eigenvalue weighted by Crippen LogP contribution is 2.26. The van der Waals surface area contributed by atoms with Gasteiger partial charge in [0.05, 0.1) is 11.7 Å². The number of benzene rings is 1. The largest absolute Gasteiger partial charge is 0.432 e. The van der Waals surface area contributed by atoms with Crippen LogP contribution in [0.5, 0.6) is 0 Å². The lowest BCUT2D eigenvalue weighted by Crippen LogP contribution is -2.22. The minimum atomic E-state index is -0.234. The molecule has 18 heavy (non-hydrogen) atoms. The molecular formula is C13H16FN3O. The number of nitrogens with zero attached hydrogens (tertiary/aromatic N) is 2. The monoisotopic (exact) mass is 249 g/mol. The SMILES string of the molecule is CC(c1ccccc1F)N(C)c1nc(CN)co1. The van der Waals surface area contributed by atoms with Crippen molar-refractivity contribution in [3.8, 4) is 0 Å². The predicted octanol–water partition coefficient (Wildman–Crippen LogP) is 2.47. The number of nitrogens with two attached hydrogens (primary N) is 1. The Hall–Kier alpha value is -1.88. The first kappa shape index (κ1) is 12.6. The molecule has 4 nitrogen and oxygen atoms in total. The van der Waals surface area contributed by atoms with Gasteiger partial charge in [-0.3, -0.25) is 0 Å². The normalized spacial score (nSPS) is 12.4. The molecule has 0 bridgehead atoms. The van der Waals surface area contributed by atoms with Crippen LogP contribution in [-0.4, -0.2) is 12.0 Å². The zero-order chi connectivity index (χ0) is 13.1. The first-order valence-electron chi connectivity index (χ1n) is 5.75. The third-order valence-corrected chi connectivity index (χ3v) is 2.99. The Labute approximate surface area is 105 Å². The molecule has 1 unspecified atom stereocenters. The summed E-state index contributed by atoms with van der Waals surface area (Å²) in [5.41, 5.74) is 6.76. The van der Waals surface area contributed by atoms with E-state index in [-0.39, 0.29) is 11.9 Å². The van der Waals surface area contributed by atoms with Gasteiger partial charge in [-0.1, -0.05) is 18.2 Å². The van der Waals surface area contributed by atoms with E-state index in [1.54, 1.807) is 17.0 Å². The smallest absolute Gasteiger partial charge is 0.297 e. The van der Waals surface area contributed by atoms with Crippen LogP contribution in [0.1, 0.15) is 24.2 Å². The standard InChI is InChI=1S/C13H16FN3O/c1-9(11-5-3-4-6-12(11)14)17(2)13-16-10(7-15)8-18-13/h3-6,8-9H,7,15H2,1-2H3. The summed E-state index contributed by atoms with van der Waals surface area (Å²) in [5.74, 6) is -0.234. The molecule has 0 radical (unpaired) electrons. The molecule has 2 N–H and O–H groups in total. The number of aromatic nitrogens is 1. The van der Waals surface area contributed by atoms with Crippen molar-refractivity contribution in [2.24, 2.45) is 5.73 Å². The van der Waals surface area contributed by atoms with Crippen LogP contribution in [0.3, 0.4) is 0 Å². The summed E-state index contributed by atoms with van der Waals surface area (Å²) in [6.07, 6.45) is 1.51. The van der Waals surface area contributed by atoms with E-state index in [9.17, 15) is 4.39 Å². The summed E-state index contributed by atoms with van der Waals surface area (Å²) in [5, 5.41) is 0. The van der Waals surface area contributed by atoms with Gasteiger partial charge in [0.1, 0.15) is 12.1 Å². The Bertz CT molecular complexity index is 526. The predicted molar refractivity (Wildman–Crippen MR) is 67.6 cm³/mol. The van der Waals surface area contributed by atoms with Gasteiger partial charge >= 0.3 is 0 Å². The summed E-state index contributed by atoms with van der Waals surface area (Å²) in [6, 6.07) is 6.94. The quantitative estimate of drug-likeness (QED) is 0.904. The van der Waals surface area contributed by atoms with Crippen LogP contribution in [0.2, 0.25) is 0 Å². The molecule has 1 aromatic heterocycles. The Morgan fingerprint density at radius 2 is 2.17 bits per heavy atom. The molecule has 0 saturated heterocycles. The first-order valence-corrected chi connectivity index (χ1v) is 5.75. The van der Waals surface area contributed by atoms with E-state index in [0.717, 1.165) is 0 Å². The molecule has 1 heterocycles. The Kier molecular flexibility index (Phi) is 3.62. The molecular weight excluding hydrogens is 233 g/mol. The van der Waals surface area contributed by atoms with Crippen LogP contribution in [0, 0.1) is 5.82 Å². The van der Waals surface area contributed by atoms with E-state index in [2.05, 4.69) is 4.98 Å². The van der Waals surface area contributed by atoms with E-state index in [1.807, 2.05) is 20.0 Å². The van der Waals surface area contributed by atoms with E-state index >= 15 is 0 Å². The van der Waals surface area contributed by atoms with Crippen molar-refractivity contribution in [1.29, 1.82) is 0 Å². The highest BCUT2D eigenvalue weighted by atomic mass is 19.1. The second-order valence-corrected chi connectivity index (χ2v) is 4.13. The van der Waals surface area contributed by atoms with Crippen LogP contribution in [0.25, 0.3) is 0 Å². The van der Waals surface area contributed by atoms with E-state index < -0.39 is 0 Å². The van der Waals surface area contributed by atoms with Crippen molar-refractivity contribution in [3.05, 3.63) is 47.6 Å². The van der Waals surface area contributed by atoms with Crippen LogP contribution in [-0.2, 0) is 6.54 Å². The van der Waals surface area contributed by atoms with Gasteiger partial charge in [0.25, 0.3) is 6.01 Å². The lowest BCUT2D eigenvalue weighted by atomic mass is 10.1. The number of halogens is 1. The highest BCUT2D eigenvalue weighted by molar-refractivity contribution is 5.33. The third-order valence-electron chi connectivity index (χ3n) is 2.99. The van der Waals surface area contributed by atoms with Gasteiger partial charge in [0.15, 0.2) is 0 Å². The molecule has 5 heteroatoms.